The van der Waals surface area contributed by atoms with E-state index in [2.05, 4.69) is 10.6 Å². The van der Waals surface area contributed by atoms with Gasteiger partial charge in [0.25, 0.3) is 0 Å². The van der Waals surface area contributed by atoms with Crippen molar-refractivity contribution >= 4 is 11.6 Å². The Morgan fingerprint density at radius 3 is 2.60 bits per heavy atom. The lowest BCUT2D eigenvalue weighted by Crippen LogP contribution is -2.37. The van der Waals surface area contributed by atoms with Crippen LogP contribution in [-0.4, -0.2) is 32.2 Å². The van der Waals surface area contributed by atoms with Crippen LogP contribution in [0, 0.1) is 5.92 Å². The number of piperidine rings is 1. The number of hydrogen-bond acceptors (Lipinski definition) is 4. The average molecular weight is 276 g/mol. The summed E-state index contributed by atoms with van der Waals surface area (Å²) in [6, 6.07) is 7.67. The van der Waals surface area contributed by atoms with E-state index in [0.717, 1.165) is 37.2 Å². The molecule has 2 aliphatic heterocycles. The summed E-state index contributed by atoms with van der Waals surface area (Å²) >= 11 is 0. The maximum Gasteiger partial charge on any atom is 0.228 e. The molecule has 0 spiro atoms. The lowest BCUT2D eigenvalue weighted by Gasteiger charge is -2.22. The van der Waals surface area contributed by atoms with Crippen LogP contribution in [0.5, 0.6) is 0 Å². The van der Waals surface area contributed by atoms with E-state index < -0.39 is 0 Å². The van der Waals surface area contributed by atoms with Crippen molar-refractivity contribution in [2.45, 2.75) is 19.1 Å². The third-order valence-electron chi connectivity index (χ3n) is 3.74. The molecule has 1 aromatic carbocycles. The number of ether oxygens (including phenoxy) is 2. The van der Waals surface area contributed by atoms with Gasteiger partial charge in [-0.15, -0.1) is 0 Å². The smallest absolute Gasteiger partial charge is 0.228 e. The monoisotopic (exact) mass is 276 g/mol. The molecule has 2 fully saturated rings. The number of hydrogen-bond donors (Lipinski definition) is 2. The van der Waals surface area contributed by atoms with E-state index in [-0.39, 0.29) is 18.1 Å². The Hall–Kier alpha value is -1.43. The van der Waals surface area contributed by atoms with Gasteiger partial charge in [-0.25, -0.2) is 0 Å². The molecule has 1 aromatic rings. The van der Waals surface area contributed by atoms with Crippen LogP contribution in [0.15, 0.2) is 24.3 Å². The molecule has 5 nitrogen and oxygen atoms in total. The average Bonchev–Trinajstić information content (AvgIpc) is 3.03. The van der Waals surface area contributed by atoms with Crippen LogP contribution < -0.4 is 10.6 Å². The molecule has 0 aromatic heterocycles. The van der Waals surface area contributed by atoms with Gasteiger partial charge < -0.3 is 20.1 Å². The quantitative estimate of drug-likeness (QED) is 0.881. The van der Waals surface area contributed by atoms with E-state index in [1.807, 2.05) is 24.3 Å². The molecule has 1 amide bonds. The Kier molecular flexibility index (Phi) is 4.30. The Bertz CT molecular complexity index is 449. The summed E-state index contributed by atoms with van der Waals surface area (Å²) in [5.41, 5.74) is 1.81. The molecule has 0 aliphatic carbocycles. The first-order valence-corrected chi connectivity index (χ1v) is 7.18. The Morgan fingerprint density at radius 2 is 1.95 bits per heavy atom. The van der Waals surface area contributed by atoms with Crippen molar-refractivity contribution in [2.75, 3.05) is 31.6 Å². The standard InChI is InChI=1S/C15H20N2O3/c18-14(12-2-1-7-16-10-12)17-13-5-3-11(4-6-13)15-19-8-9-20-15/h3-6,12,15-16H,1-2,7-10H2,(H,17,18). The number of carbonyl (C=O) groups excluding carboxylic acids is 1. The minimum absolute atomic E-state index is 0.0740. The number of nitrogens with one attached hydrogen (secondary N) is 2. The van der Waals surface area contributed by atoms with Crippen molar-refractivity contribution in [3.63, 3.8) is 0 Å². The Balaban J connectivity index is 1.58. The van der Waals surface area contributed by atoms with Gasteiger partial charge in [0.05, 0.1) is 19.1 Å². The van der Waals surface area contributed by atoms with E-state index in [9.17, 15) is 4.79 Å². The zero-order valence-electron chi connectivity index (χ0n) is 11.4. The summed E-state index contributed by atoms with van der Waals surface area (Å²) in [6.07, 6.45) is 1.76. The van der Waals surface area contributed by atoms with Crippen LogP contribution in [0.3, 0.4) is 0 Å². The molecule has 2 N–H and O–H groups in total. The van der Waals surface area contributed by atoms with Gasteiger partial charge in [0.2, 0.25) is 5.91 Å². The first-order chi connectivity index (χ1) is 9.83. The summed E-state index contributed by atoms with van der Waals surface area (Å²) in [4.78, 5) is 12.1. The molecule has 2 heterocycles. The highest BCUT2D eigenvalue weighted by atomic mass is 16.7. The van der Waals surface area contributed by atoms with Crippen molar-refractivity contribution in [3.8, 4) is 0 Å². The largest absolute Gasteiger partial charge is 0.346 e. The molecule has 1 unspecified atom stereocenters. The summed E-state index contributed by atoms with van der Waals surface area (Å²) < 4.78 is 10.9. The van der Waals surface area contributed by atoms with Crippen molar-refractivity contribution < 1.29 is 14.3 Å². The molecule has 0 radical (unpaired) electrons. The summed E-state index contributed by atoms with van der Waals surface area (Å²) in [5.74, 6) is 0.170. The molecule has 108 valence electrons. The molecule has 2 aliphatic rings. The fourth-order valence-corrected chi connectivity index (χ4v) is 2.59. The van der Waals surface area contributed by atoms with Gasteiger partial charge in [-0.1, -0.05) is 12.1 Å². The molecule has 1 atom stereocenters. The first kappa shape index (κ1) is 13.5. The Morgan fingerprint density at radius 1 is 1.20 bits per heavy atom. The normalized spacial score (nSPS) is 23.7. The number of benzene rings is 1. The maximum absolute atomic E-state index is 12.1. The minimum Gasteiger partial charge on any atom is -0.346 e. The number of rotatable bonds is 3. The minimum atomic E-state index is -0.262. The lowest BCUT2D eigenvalue weighted by molar-refractivity contribution is -0.120. The van der Waals surface area contributed by atoms with Gasteiger partial charge in [-0.2, -0.15) is 0 Å². The van der Waals surface area contributed by atoms with Crippen LogP contribution in [-0.2, 0) is 14.3 Å². The van der Waals surface area contributed by atoms with Gasteiger partial charge in [0.1, 0.15) is 0 Å². The van der Waals surface area contributed by atoms with E-state index in [4.69, 9.17) is 9.47 Å². The second kappa shape index (κ2) is 6.35. The van der Waals surface area contributed by atoms with Crippen LogP contribution >= 0.6 is 0 Å². The van der Waals surface area contributed by atoms with Crippen molar-refractivity contribution in [1.29, 1.82) is 0 Å². The second-order valence-corrected chi connectivity index (χ2v) is 5.23. The zero-order chi connectivity index (χ0) is 13.8. The van der Waals surface area contributed by atoms with E-state index in [1.165, 1.54) is 0 Å². The SMILES string of the molecule is O=C(Nc1ccc(C2OCCO2)cc1)C1CCCNC1. The van der Waals surface area contributed by atoms with Crippen LogP contribution in [0.1, 0.15) is 24.7 Å². The second-order valence-electron chi connectivity index (χ2n) is 5.23. The maximum atomic E-state index is 12.1. The van der Waals surface area contributed by atoms with Gasteiger partial charge in [0.15, 0.2) is 6.29 Å². The fourth-order valence-electron chi connectivity index (χ4n) is 2.59. The number of carbonyl (C=O) groups is 1. The topological polar surface area (TPSA) is 59.6 Å². The predicted octanol–water partition coefficient (Wildman–Crippen LogP) is 1.67. The van der Waals surface area contributed by atoms with E-state index in [1.54, 1.807) is 0 Å². The number of anilines is 1. The molecule has 3 rings (SSSR count). The van der Waals surface area contributed by atoms with Crippen molar-refractivity contribution in [2.24, 2.45) is 5.92 Å². The summed E-state index contributed by atoms with van der Waals surface area (Å²) in [6.45, 7) is 3.06. The highest BCUT2D eigenvalue weighted by Crippen LogP contribution is 2.24. The third-order valence-corrected chi connectivity index (χ3v) is 3.74. The first-order valence-electron chi connectivity index (χ1n) is 7.18. The predicted molar refractivity (Wildman–Crippen MR) is 75.3 cm³/mol. The van der Waals surface area contributed by atoms with Crippen LogP contribution in [0.2, 0.25) is 0 Å². The van der Waals surface area contributed by atoms with Crippen LogP contribution in [0.4, 0.5) is 5.69 Å². The highest BCUT2D eigenvalue weighted by molar-refractivity contribution is 5.92. The van der Waals surface area contributed by atoms with Gasteiger partial charge >= 0.3 is 0 Å². The molecule has 0 saturated carbocycles. The fraction of sp³-hybridized carbons (Fsp3) is 0.533. The number of amides is 1. The zero-order valence-corrected chi connectivity index (χ0v) is 11.4. The van der Waals surface area contributed by atoms with Crippen LogP contribution in [0.25, 0.3) is 0 Å². The molecular weight excluding hydrogens is 256 g/mol. The molecule has 5 heteroatoms. The summed E-state index contributed by atoms with van der Waals surface area (Å²) in [7, 11) is 0. The molecule has 2 saturated heterocycles. The van der Waals surface area contributed by atoms with E-state index >= 15 is 0 Å². The molecule has 20 heavy (non-hydrogen) atoms. The summed E-state index contributed by atoms with van der Waals surface area (Å²) in [5, 5.41) is 6.22. The van der Waals surface area contributed by atoms with Gasteiger partial charge in [0, 0.05) is 17.8 Å². The molecular formula is C15H20N2O3. The highest BCUT2D eigenvalue weighted by Gasteiger charge is 2.21. The van der Waals surface area contributed by atoms with Crippen molar-refractivity contribution in [3.05, 3.63) is 29.8 Å². The lowest BCUT2D eigenvalue weighted by atomic mass is 9.99. The molecule has 0 bridgehead atoms. The third kappa shape index (κ3) is 3.17. The Labute approximate surface area is 118 Å². The van der Waals surface area contributed by atoms with Crippen molar-refractivity contribution in [1.82, 2.24) is 5.32 Å². The van der Waals surface area contributed by atoms with E-state index in [0.29, 0.717) is 13.2 Å². The van der Waals surface area contributed by atoms with Gasteiger partial charge in [-0.05, 0) is 31.5 Å². The van der Waals surface area contributed by atoms with Gasteiger partial charge in [-0.3, -0.25) is 4.79 Å².